The standard InChI is InChI=1S/C11H16N2O2/c1-8-5-3-4-6-10(8)13-11(15)12-9(2)7-14/h3-6,9,14H,7H2,1-2H3,(H2,12,13,15). The van der Waals surface area contributed by atoms with Crippen molar-refractivity contribution in [2.75, 3.05) is 11.9 Å². The number of hydrogen-bond donors (Lipinski definition) is 3. The van der Waals surface area contributed by atoms with Gasteiger partial charge in [0.15, 0.2) is 0 Å². The van der Waals surface area contributed by atoms with Crippen LogP contribution in [0.4, 0.5) is 10.5 Å². The van der Waals surface area contributed by atoms with E-state index < -0.39 is 0 Å². The number of urea groups is 1. The van der Waals surface area contributed by atoms with E-state index in [-0.39, 0.29) is 18.7 Å². The summed E-state index contributed by atoms with van der Waals surface area (Å²) in [6.07, 6.45) is 0. The van der Waals surface area contributed by atoms with Crippen molar-refractivity contribution >= 4 is 11.7 Å². The van der Waals surface area contributed by atoms with Crippen molar-refractivity contribution < 1.29 is 9.90 Å². The monoisotopic (exact) mass is 208 g/mol. The topological polar surface area (TPSA) is 61.4 Å². The van der Waals surface area contributed by atoms with Gasteiger partial charge in [0.1, 0.15) is 0 Å². The zero-order chi connectivity index (χ0) is 11.3. The Bertz CT molecular complexity index is 339. The Balaban J connectivity index is 2.55. The van der Waals surface area contributed by atoms with Crippen LogP contribution in [0.25, 0.3) is 0 Å². The Labute approximate surface area is 89.3 Å². The lowest BCUT2D eigenvalue weighted by molar-refractivity contribution is 0.229. The van der Waals surface area contributed by atoms with E-state index in [9.17, 15) is 4.79 Å². The highest BCUT2D eigenvalue weighted by Crippen LogP contribution is 2.12. The van der Waals surface area contributed by atoms with Crippen LogP contribution < -0.4 is 10.6 Å². The van der Waals surface area contributed by atoms with Gasteiger partial charge in [-0.1, -0.05) is 18.2 Å². The molecule has 1 aromatic carbocycles. The molecular weight excluding hydrogens is 192 g/mol. The van der Waals surface area contributed by atoms with E-state index in [0.29, 0.717) is 0 Å². The summed E-state index contributed by atoms with van der Waals surface area (Å²) in [4.78, 5) is 11.4. The highest BCUT2D eigenvalue weighted by molar-refractivity contribution is 5.90. The lowest BCUT2D eigenvalue weighted by Gasteiger charge is -2.13. The third kappa shape index (κ3) is 3.59. The van der Waals surface area contributed by atoms with Gasteiger partial charge in [-0.2, -0.15) is 0 Å². The predicted octanol–water partition coefficient (Wildman–Crippen LogP) is 1.50. The van der Waals surface area contributed by atoms with Gasteiger partial charge >= 0.3 is 6.03 Å². The average Bonchev–Trinajstić information content (AvgIpc) is 2.21. The fourth-order valence-electron chi connectivity index (χ4n) is 1.14. The molecular formula is C11H16N2O2. The maximum atomic E-state index is 11.4. The van der Waals surface area contributed by atoms with Crippen molar-refractivity contribution in [3.63, 3.8) is 0 Å². The fourth-order valence-corrected chi connectivity index (χ4v) is 1.14. The quantitative estimate of drug-likeness (QED) is 0.705. The van der Waals surface area contributed by atoms with Crippen LogP contribution in [-0.4, -0.2) is 23.8 Å². The van der Waals surface area contributed by atoms with Crippen molar-refractivity contribution in [2.24, 2.45) is 0 Å². The number of aliphatic hydroxyl groups is 1. The molecule has 82 valence electrons. The molecule has 0 aliphatic rings. The van der Waals surface area contributed by atoms with E-state index in [0.717, 1.165) is 11.3 Å². The molecule has 0 saturated heterocycles. The molecule has 0 fully saturated rings. The van der Waals surface area contributed by atoms with Crippen molar-refractivity contribution in [1.82, 2.24) is 5.32 Å². The molecule has 4 nitrogen and oxygen atoms in total. The summed E-state index contributed by atoms with van der Waals surface area (Å²) in [6, 6.07) is 6.98. The lowest BCUT2D eigenvalue weighted by atomic mass is 10.2. The van der Waals surface area contributed by atoms with Gasteiger partial charge in [-0.3, -0.25) is 0 Å². The molecule has 0 aliphatic heterocycles. The summed E-state index contributed by atoms with van der Waals surface area (Å²) in [5.74, 6) is 0. The number of aryl methyl sites for hydroxylation is 1. The van der Waals surface area contributed by atoms with Crippen LogP contribution in [0.1, 0.15) is 12.5 Å². The molecule has 4 heteroatoms. The minimum Gasteiger partial charge on any atom is -0.394 e. The Kier molecular flexibility index (Phi) is 4.12. The summed E-state index contributed by atoms with van der Waals surface area (Å²) in [6.45, 7) is 3.59. The molecule has 0 aromatic heterocycles. The number of anilines is 1. The Hall–Kier alpha value is -1.55. The first-order chi connectivity index (χ1) is 7.13. The van der Waals surface area contributed by atoms with Crippen molar-refractivity contribution in [1.29, 1.82) is 0 Å². The number of para-hydroxylation sites is 1. The van der Waals surface area contributed by atoms with Gasteiger partial charge in [-0.05, 0) is 25.5 Å². The van der Waals surface area contributed by atoms with E-state index in [2.05, 4.69) is 10.6 Å². The number of nitrogens with one attached hydrogen (secondary N) is 2. The largest absolute Gasteiger partial charge is 0.394 e. The van der Waals surface area contributed by atoms with Crippen LogP contribution in [0.2, 0.25) is 0 Å². The number of carbonyl (C=O) groups excluding carboxylic acids is 1. The molecule has 3 N–H and O–H groups in total. The van der Waals surface area contributed by atoms with Crippen molar-refractivity contribution in [3.05, 3.63) is 29.8 Å². The van der Waals surface area contributed by atoms with Crippen LogP contribution in [0.15, 0.2) is 24.3 Å². The molecule has 2 amide bonds. The van der Waals surface area contributed by atoms with Gasteiger partial charge < -0.3 is 15.7 Å². The van der Waals surface area contributed by atoms with Crippen LogP contribution in [0.3, 0.4) is 0 Å². The molecule has 0 spiro atoms. The molecule has 15 heavy (non-hydrogen) atoms. The number of benzene rings is 1. The minimum absolute atomic E-state index is 0.0683. The molecule has 0 saturated carbocycles. The zero-order valence-electron chi connectivity index (χ0n) is 8.95. The summed E-state index contributed by atoms with van der Waals surface area (Å²) in [7, 11) is 0. The van der Waals surface area contributed by atoms with Crippen LogP contribution in [-0.2, 0) is 0 Å². The number of aliphatic hydroxyl groups excluding tert-OH is 1. The van der Waals surface area contributed by atoms with Crippen LogP contribution >= 0.6 is 0 Å². The van der Waals surface area contributed by atoms with E-state index in [4.69, 9.17) is 5.11 Å². The normalized spacial score (nSPS) is 11.9. The second kappa shape index (κ2) is 5.36. The lowest BCUT2D eigenvalue weighted by Crippen LogP contribution is -2.38. The maximum Gasteiger partial charge on any atom is 0.319 e. The second-order valence-corrected chi connectivity index (χ2v) is 3.50. The first-order valence-corrected chi connectivity index (χ1v) is 4.87. The Morgan fingerprint density at radius 2 is 2.13 bits per heavy atom. The first-order valence-electron chi connectivity index (χ1n) is 4.87. The third-order valence-corrected chi connectivity index (χ3v) is 2.04. The highest BCUT2D eigenvalue weighted by atomic mass is 16.3. The van der Waals surface area contributed by atoms with Gasteiger partial charge in [0.2, 0.25) is 0 Å². The van der Waals surface area contributed by atoms with E-state index >= 15 is 0 Å². The number of rotatable bonds is 3. The molecule has 0 heterocycles. The Morgan fingerprint density at radius 3 is 2.73 bits per heavy atom. The minimum atomic E-state index is -0.300. The number of hydrogen-bond acceptors (Lipinski definition) is 2. The summed E-state index contributed by atoms with van der Waals surface area (Å²) < 4.78 is 0. The van der Waals surface area contributed by atoms with Crippen LogP contribution in [0, 0.1) is 6.92 Å². The van der Waals surface area contributed by atoms with E-state index in [1.807, 2.05) is 31.2 Å². The van der Waals surface area contributed by atoms with Gasteiger partial charge in [0, 0.05) is 5.69 Å². The number of amides is 2. The van der Waals surface area contributed by atoms with Gasteiger partial charge in [-0.15, -0.1) is 0 Å². The molecule has 1 unspecified atom stereocenters. The van der Waals surface area contributed by atoms with Crippen molar-refractivity contribution in [3.8, 4) is 0 Å². The molecule has 0 bridgehead atoms. The molecule has 0 aliphatic carbocycles. The summed E-state index contributed by atoms with van der Waals surface area (Å²) >= 11 is 0. The zero-order valence-corrected chi connectivity index (χ0v) is 8.95. The second-order valence-electron chi connectivity index (χ2n) is 3.50. The van der Waals surface area contributed by atoms with Crippen LogP contribution in [0.5, 0.6) is 0 Å². The third-order valence-electron chi connectivity index (χ3n) is 2.04. The SMILES string of the molecule is Cc1ccccc1NC(=O)NC(C)CO. The summed E-state index contributed by atoms with van der Waals surface area (Å²) in [5, 5.41) is 14.1. The first kappa shape index (κ1) is 11.5. The molecule has 1 atom stereocenters. The maximum absolute atomic E-state index is 11.4. The highest BCUT2D eigenvalue weighted by Gasteiger charge is 2.06. The van der Waals surface area contributed by atoms with E-state index in [1.165, 1.54) is 0 Å². The Morgan fingerprint density at radius 1 is 1.47 bits per heavy atom. The summed E-state index contributed by atoms with van der Waals surface area (Å²) in [5.41, 5.74) is 1.78. The predicted molar refractivity (Wildman–Crippen MR) is 59.9 cm³/mol. The van der Waals surface area contributed by atoms with Gasteiger partial charge in [0.05, 0.1) is 12.6 Å². The molecule has 1 rings (SSSR count). The molecule has 1 aromatic rings. The smallest absolute Gasteiger partial charge is 0.319 e. The van der Waals surface area contributed by atoms with Gasteiger partial charge in [-0.25, -0.2) is 4.79 Å². The van der Waals surface area contributed by atoms with E-state index in [1.54, 1.807) is 6.92 Å². The van der Waals surface area contributed by atoms with Gasteiger partial charge in [0.25, 0.3) is 0 Å². The number of carbonyl (C=O) groups is 1. The van der Waals surface area contributed by atoms with Crippen molar-refractivity contribution in [2.45, 2.75) is 19.9 Å². The fraction of sp³-hybridized carbons (Fsp3) is 0.364. The molecule has 0 radical (unpaired) electrons. The average molecular weight is 208 g/mol.